The van der Waals surface area contributed by atoms with E-state index >= 15 is 0 Å². The highest BCUT2D eigenvalue weighted by atomic mass is 16.3. The molecule has 4 heteroatoms. The summed E-state index contributed by atoms with van der Waals surface area (Å²) in [5.74, 6) is 0.259. The Balaban J connectivity index is 2.45. The van der Waals surface area contributed by atoms with E-state index < -0.39 is 5.54 Å². The summed E-state index contributed by atoms with van der Waals surface area (Å²) in [6, 6.07) is 0.0455. The van der Waals surface area contributed by atoms with Gasteiger partial charge in [-0.05, 0) is 38.5 Å². The number of nitrogens with two attached hydrogens (primary N) is 1. The first-order valence-electron chi connectivity index (χ1n) is 5.73. The van der Waals surface area contributed by atoms with Crippen LogP contribution in [0.1, 0.15) is 39.5 Å². The maximum Gasteiger partial charge on any atom is 0.240 e. The molecule has 2 unspecified atom stereocenters. The number of hydrogen-bond acceptors (Lipinski definition) is 3. The van der Waals surface area contributed by atoms with Crippen LogP contribution in [0.4, 0.5) is 0 Å². The van der Waals surface area contributed by atoms with Crippen LogP contribution in [0.25, 0.3) is 0 Å². The SMILES string of the molecule is CCC(CCO)NC(=O)C(C)(N)C1CC1. The molecule has 1 aliphatic rings. The molecule has 1 rings (SSSR count). The smallest absolute Gasteiger partial charge is 0.240 e. The Morgan fingerprint density at radius 1 is 1.67 bits per heavy atom. The van der Waals surface area contributed by atoms with E-state index in [1.165, 1.54) is 0 Å². The van der Waals surface area contributed by atoms with Crippen LogP contribution in [0.15, 0.2) is 0 Å². The van der Waals surface area contributed by atoms with E-state index in [2.05, 4.69) is 5.32 Å². The standard InChI is InChI=1S/C11H22N2O2/c1-3-9(6-7-14)13-10(15)11(2,12)8-4-5-8/h8-9,14H,3-7,12H2,1-2H3,(H,13,15). The molecule has 88 valence electrons. The topological polar surface area (TPSA) is 75.3 Å². The summed E-state index contributed by atoms with van der Waals surface area (Å²) in [6.07, 6.45) is 3.53. The van der Waals surface area contributed by atoms with E-state index in [1.54, 1.807) is 6.92 Å². The Labute approximate surface area is 91.2 Å². The van der Waals surface area contributed by atoms with E-state index in [0.717, 1.165) is 19.3 Å². The molecule has 0 heterocycles. The lowest BCUT2D eigenvalue weighted by molar-refractivity contribution is -0.127. The second kappa shape index (κ2) is 4.94. The number of hydrogen-bond donors (Lipinski definition) is 3. The van der Waals surface area contributed by atoms with Crippen molar-refractivity contribution in [3.05, 3.63) is 0 Å². The van der Waals surface area contributed by atoms with E-state index in [9.17, 15) is 4.79 Å². The Bertz CT molecular complexity index is 225. The molecule has 0 aliphatic heterocycles. The molecule has 2 atom stereocenters. The van der Waals surface area contributed by atoms with E-state index in [1.807, 2.05) is 6.92 Å². The van der Waals surface area contributed by atoms with Crippen molar-refractivity contribution < 1.29 is 9.90 Å². The van der Waals surface area contributed by atoms with Crippen LogP contribution in [-0.4, -0.2) is 29.2 Å². The number of amides is 1. The van der Waals surface area contributed by atoms with Gasteiger partial charge in [-0.1, -0.05) is 6.92 Å². The van der Waals surface area contributed by atoms with Crippen molar-refractivity contribution in [2.24, 2.45) is 11.7 Å². The summed E-state index contributed by atoms with van der Waals surface area (Å²) in [5.41, 5.74) is 5.26. The van der Waals surface area contributed by atoms with Crippen LogP contribution in [0.2, 0.25) is 0 Å². The van der Waals surface area contributed by atoms with Crippen LogP contribution in [0, 0.1) is 5.92 Å². The van der Waals surface area contributed by atoms with Gasteiger partial charge in [0.15, 0.2) is 0 Å². The lowest BCUT2D eigenvalue weighted by Gasteiger charge is -2.26. The normalized spacial score (nSPS) is 21.9. The zero-order chi connectivity index (χ0) is 11.5. The average molecular weight is 214 g/mol. The average Bonchev–Trinajstić information content (AvgIpc) is 3.00. The molecule has 15 heavy (non-hydrogen) atoms. The van der Waals surface area contributed by atoms with Gasteiger partial charge in [0.05, 0.1) is 5.54 Å². The first-order chi connectivity index (χ1) is 7.02. The zero-order valence-electron chi connectivity index (χ0n) is 9.62. The predicted octanol–water partition coefficient (Wildman–Crippen LogP) is 0.391. The quantitative estimate of drug-likeness (QED) is 0.599. The molecule has 1 fully saturated rings. The molecule has 1 amide bonds. The fourth-order valence-corrected chi connectivity index (χ4v) is 1.74. The maximum atomic E-state index is 11.9. The van der Waals surface area contributed by atoms with Crippen LogP contribution in [0.5, 0.6) is 0 Å². The van der Waals surface area contributed by atoms with Gasteiger partial charge < -0.3 is 16.2 Å². The summed E-state index contributed by atoms with van der Waals surface area (Å²) < 4.78 is 0. The second-order valence-electron chi connectivity index (χ2n) is 4.65. The Morgan fingerprint density at radius 3 is 2.67 bits per heavy atom. The van der Waals surface area contributed by atoms with Crippen LogP contribution >= 0.6 is 0 Å². The molecule has 0 bridgehead atoms. The van der Waals surface area contributed by atoms with Gasteiger partial charge in [-0.15, -0.1) is 0 Å². The van der Waals surface area contributed by atoms with E-state index in [4.69, 9.17) is 10.8 Å². The highest BCUT2D eigenvalue weighted by Gasteiger charge is 2.44. The first kappa shape index (κ1) is 12.5. The van der Waals surface area contributed by atoms with Crippen LogP contribution in [-0.2, 0) is 4.79 Å². The lowest BCUT2D eigenvalue weighted by Crippen LogP contribution is -2.55. The van der Waals surface area contributed by atoms with Crippen molar-refractivity contribution in [2.75, 3.05) is 6.61 Å². The fraction of sp³-hybridized carbons (Fsp3) is 0.909. The van der Waals surface area contributed by atoms with Crippen molar-refractivity contribution in [3.63, 3.8) is 0 Å². The number of carbonyl (C=O) groups excluding carboxylic acids is 1. The third kappa shape index (κ3) is 3.18. The summed E-state index contributed by atoms with van der Waals surface area (Å²) in [4.78, 5) is 11.9. The Morgan fingerprint density at radius 2 is 2.27 bits per heavy atom. The minimum Gasteiger partial charge on any atom is -0.396 e. The molecule has 0 aromatic carbocycles. The summed E-state index contributed by atoms with van der Waals surface area (Å²) in [5, 5.41) is 11.7. The van der Waals surface area contributed by atoms with Gasteiger partial charge in [0.2, 0.25) is 5.91 Å². The van der Waals surface area contributed by atoms with Gasteiger partial charge in [0.1, 0.15) is 0 Å². The highest BCUT2D eigenvalue weighted by molar-refractivity contribution is 5.86. The molecule has 0 aromatic heterocycles. The van der Waals surface area contributed by atoms with Gasteiger partial charge in [0, 0.05) is 12.6 Å². The maximum absolute atomic E-state index is 11.9. The first-order valence-corrected chi connectivity index (χ1v) is 5.73. The van der Waals surface area contributed by atoms with Crippen molar-refractivity contribution in [1.82, 2.24) is 5.32 Å². The van der Waals surface area contributed by atoms with Crippen molar-refractivity contribution in [3.8, 4) is 0 Å². The Kier molecular flexibility index (Phi) is 4.11. The molecule has 0 saturated heterocycles. The van der Waals surface area contributed by atoms with Crippen molar-refractivity contribution >= 4 is 5.91 Å². The van der Waals surface area contributed by atoms with Gasteiger partial charge in [-0.3, -0.25) is 4.79 Å². The fourth-order valence-electron chi connectivity index (χ4n) is 1.74. The molecular weight excluding hydrogens is 192 g/mol. The minimum atomic E-state index is -0.733. The highest BCUT2D eigenvalue weighted by Crippen LogP contribution is 2.38. The molecular formula is C11H22N2O2. The number of rotatable bonds is 6. The summed E-state index contributed by atoms with van der Waals surface area (Å²) in [6.45, 7) is 3.89. The predicted molar refractivity (Wildman–Crippen MR) is 59.2 cm³/mol. The monoisotopic (exact) mass is 214 g/mol. The van der Waals surface area contributed by atoms with Gasteiger partial charge >= 0.3 is 0 Å². The van der Waals surface area contributed by atoms with Gasteiger partial charge in [-0.2, -0.15) is 0 Å². The molecule has 4 N–H and O–H groups in total. The van der Waals surface area contributed by atoms with Crippen molar-refractivity contribution in [1.29, 1.82) is 0 Å². The van der Waals surface area contributed by atoms with Gasteiger partial charge in [-0.25, -0.2) is 0 Å². The molecule has 0 radical (unpaired) electrons. The third-order valence-corrected chi connectivity index (χ3v) is 3.22. The van der Waals surface area contributed by atoms with E-state index in [0.29, 0.717) is 12.3 Å². The van der Waals surface area contributed by atoms with Crippen LogP contribution < -0.4 is 11.1 Å². The van der Waals surface area contributed by atoms with E-state index in [-0.39, 0.29) is 18.6 Å². The summed E-state index contributed by atoms with van der Waals surface area (Å²) >= 11 is 0. The minimum absolute atomic E-state index is 0.0455. The Hall–Kier alpha value is -0.610. The molecule has 0 spiro atoms. The molecule has 1 saturated carbocycles. The molecule has 1 aliphatic carbocycles. The van der Waals surface area contributed by atoms with Crippen molar-refractivity contribution in [2.45, 2.75) is 51.1 Å². The van der Waals surface area contributed by atoms with Gasteiger partial charge in [0.25, 0.3) is 0 Å². The number of carbonyl (C=O) groups is 1. The number of aliphatic hydroxyl groups is 1. The lowest BCUT2D eigenvalue weighted by atomic mass is 9.95. The summed E-state index contributed by atoms with van der Waals surface area (Å²) in [7, 11) is 0. The van der Waals surface area contributed by atoms with Crippen LogP contribution in [0.3, 0.4) is 0 Å². The molecule has 4 nitrogen and oxygen atoms in total. The zero-order valence-corrected chi connectivity index (χ0v) is 9.62. The number of aliphatic hydroxyl groups excluding tert-OH is 1. The molecule has 0 aromatic rings. The number of nitrogens with one attached hydrogen (secondary N) is 1. The third-order valence-electron chi connectivity index (χ3n) is 3.22. The second-order valence-corrected chi connectivity index (χ2v) is 4.65. The largest absolute Gasteiger partial charge is 0.396 e.